The van der Waals surface area contributed by atoms with Crippen molar-refractivity contribution in [2.75, 3.05) is 33.4 Å². The van der Waals surface area contributed by atoms with Gasteiger partial charge in [-0.25, -0.2) is 4.98 Å². The summed E-state index contributed by atoms with van der Waals surface area (Å²) < 4.78 is 10.7. The Morgan fingerprint density at radius 3 is 2.55 bits per heavy atom. The van der Waals surface area contributed by atoms with Gasteiger partial charge in [0.1, 0.15) is 15.6 Å². The lowest BCUT2D eigenvalue weighted by Crippen LogP contribution is -2.36. The zero-order valence-electron chi connectivity index (χ0n) is 17.9. The van der Waals surface area contributed by atoms with E-state index in [-0.39, 0.29) is 5.91 Å². The van der Waals surface area contributed by atoms with Gasteiger partial charge < -0.3 is 14.8 Å². The van der Waals surface area contributed by atoms with Gasteiger partial charge in [-0.3, -0.25) is 9.69 Å². The van der Waals surface area contributed by atoms with Gasteiger partial charge in [0, 0.05) is 31.7 Å². The van der Waals surface area contributed by atoms with Crippen molar-refractivity contribution < 1.29 is 14.3 Å². The molecule has 0 aliphatic carbocycles. The highest BCUT2D eigenvalue weighted by Gasteiger charge is 2.17. The standard InChI is InChI=1S/C24H27N3O3S/c1-17-22(31-24(26-17)18-7-9-21(29-2)10-8-18)23(28)25-15-19-5-3-4-6-20(19)16-27-11-13-30-14-12-27/h3-10H,11-16H2,1-2H3,(H,25,28). The molecule has 3 aromatic rings. The second-order valence-corrected chi connectivity index (χ2v) is 8.50. The van der Waals surface area contributed by atoms with Crippen LogP contribution in [0.2, 0.25) is 0 Å². The molecule has 4 rings (SSSR count). The van der Waals surface area contributed by atoms with Crippen LogP contribution in [0.15, 0.2) is 48.5 Å². The third kappa shape index (κ3) is 5.31. The molecule has 1 aromatic heterocycles. The predicted octanol–water partition coefficient (Wildman–Crippen LogP) is 3.89. The van der Waals surface area contributed by atoms with Crippen LogP contribution in [-0.4, -0.2) is 49.2 Å². The quantitative estimate of drug-likeness (QED) is 0.608. The number of nitrogens with one attached hydrogen (secondary N) is 1. The average Bonchev–Trinajstić information content (AvgIpc) is 3.21. The molecule has 31 heavy (non-hydrogen) atoms. The smallest absolute Gasteiger partial charge is 0.263 e. The molecule has 1 aliphatic heterocycles. The molecule has 0 radical (unpaired) electrons. The number of methoxy groups -OCH3 is 1. The van der Waals surface area contributed by atoms with Crippen LogP contribution in [-0.2, 0) is 17.8 Å². The highest BCUT2D eigenvalue weighted by Crippen LogP contribution is 2.29. The number of hydrogen-bond donors (Lipinski definition) is 1. The molecule has 1 aliphatic rings. The number of hydrogen-bond acceptors (Lipinski definition) is 6. The molecule has 0 atom stereocenters. The first-order valence-electron chi connectivity index (χ1n) is 10.4. The van der Waals surface area contributed by atoms with Crippen molar-refractivity contribution in [2.24, 2.45) is 0 Å². The van der Waals surface area contributed by atoms with E-state index in [9.17, 15) is 4.79 Å². The fraction of sp³-hybridized carbons (Fsp3) is 0.333. The molecule has 2 aromatic carbocycles. The lowest BCUT2D eigenvalue weighted by Gasteiger charge is -2.27. The zero-order chi connectivity index (χ0) is 21.6. The number of ether oxygens (including phenoxy) is 2. The molecule has 2 heterocycles. The number of aryl methyl sites for hydroxylation is 1. The van der Waals surface area contributed by atoms with Gasteiger partial charge in [-0.1, -0.05) is 24.3 Å². The number of carbonyl (C=O) groups is 1. The Hall–Kier alpha value is -2.74. The van der Waals surface area contributed by atoms with E-state index in [0.29, 0.717) is 11.4 Å². The molecule has 1 N–H and O–H groups in total. The Balaban J connectivity index is 1.43. The lowest BCUT2D eigenvalue weighted by atomic mass is 10.1. The second kappa shape index (κ2) is 10.0. The van der Waals surface area contributed by atoms with Crippen molar-refractivity contribution in [1.29, 1.82) is 0 Å². The molecular formula is C24H27N3O3S. The molecule has 1 amide bonds. The van der Waals surface area contributed by atoms with Gasteiger partial charge >= 0.3 is 0 Å². The minimum Gasteiger partial charge on any atom is -0.497 e. The third-order valence-corrected chi connectivity index (χ3v) is 6.60. The topological polar surface area (TPSA) is 63.7 Å². The van der Waals surface area contributed by atoms with Crippen LogP contribution in [0.1, 0.15) is 26.5 Å². The number of benzene rings is 2. The zero-order valence-corrected chi connectivity index (χ0v) is 18.7. The molecule has 7 heteroatoms. The minimum atomic E-state index is -0.0871. The van der Waals surface area contributed by atoms with Gasteiger partial charge in [-0.2, -0.15) is 0 Å². The van der Waals surface area contributed by atoms with E-state index >= 15 is 0 Å². The Morgan fingerprint density at radius 2 is 1.84 bits per heavy atom. The molecule has 0 saturated carbocycles. The van der Waals surface area contributed by atoms with Crippen molar-refractivity contribution in [3.8, 4) is 16.3 Å². The Kier molecular flexibility index (Phi) is 6.96. The molecule has 162 valence electrons. The monoisotopic (exact) mass is 437 g/mol. The van der Waals surface area contributed by atoms with Crippen molar-refractivity contribution in [2.45, 2.75) is 20.0 Å². The minimum absolute atomic E-state index is 0.0871. The van der Waals surface area contributed by atoms with Gasteiger partial charge in [0.15, 0.2) is 0 Å². The first-order valence-corrected chi connectivity index (χ1v) is 11.2. The predicted molar refractivity (Wildman–Crippen MR) is 123 cm³/mol. The Morgan fingerprint density at radius 1 is 1.13 bits per heavy atom. The summed E-state index contributed by atoms with van der Waals surface area (Å²) in [4.78, 5) is 20.5. The summed E-state index contributed by atoms with van der Waals surface area (Å²) >= 11 is 1.42. The van der Waals surface area contributed by atoms with E-state index in [0.717, 1.165) is 60.4 Å². The SMILES string of the molecule is COc1ccc(-c2nc(C)c(C(=O)NCc3ccccc3CN3CCOCC3)s2)cc1. The highest BCUT2D eigenvalue weighted by molar-refractivity contribution is 7.17. The fourth-order valence-electron chi connectivity index (χ4n) is 3.60. The fourth-order valence-corrected chi connectivity index (χ4v) is 4.59. The summed E-state index contributed by atoms with van der Waals surface area (Å²) in [6.45, 7) is 6.68. The number of amides is 1. The van der Waals surface area contributed by atoms with Crippen LogP contribution in [0, 0.1) is 6.92 Å². The van der Waals surface area contributed by atoms with E-state index in [1.165, 1.54) is 16.9 Å². The summed E-state index contributed by atoms with van der Waals surface area (Å²) in [6, 6.07) is 16.0. The van der Waals surface area contributed by atoms with E-state index < -0.39 is 0 Å². The number of aromatic nitrogens is 1. The van der Waals surface area contributed by atoms with Gasteiger partial charge in [-0.05, 0) is 42.3 Å². The molecule has 6 nitrogen and oxygen atoms in total. The van der Waals surface area contributed by atoms with E-state index in [4.69, 9.17) is 9.47 Å². The maximum absolute atomic E-state index is 12.9. The van der Waals surface area contributed by atoms with Gasteiger partial charge in [-0.15, -0.1) is 11.3 Å². The van der Waals surface area contributed by atoms with Crippen LogP contribution < -0.4 is 10.1 Å². The summed E-state index contributed by atoms with van der Waals surface area (Å²) in [5, 5.41) is 3.92. The maximum atomic E-state index is 12.9. The highest BCUT2D eigenvalue weighted by atomic mass is 32.1. The van der Waals surface area contributed by atoms with Gasteiger partial charge in [0.2, 0.25) is 0 Å². The molecule has 1 fully saturated rings. The number of nitrogens with zero attached hydrogens (tertiary/aromatic N) is 2. The lowest BCUT2D eigenvalue weighted by molar-refractivity contribution is 0.0340. The van der Waals surface area contributed by atoms with Gasteiger partial charge in [0.25, 0.3) is 5.91 Å². The summed E-state index contributed by atoms with van der Waals surface area (Å²) in [6.07, 6.45) is 0. The van der Waals surface area contributed by atoms with E-state index in [2.05, 4.69) is 33.4 Å². The van der Waals surface area contributed by atoms with Crippen molar-refractivity contribution in [1.82, 2.24) is 15.2 Å². The Bertz CT molecular complexity index is 1030. The number of rotatable bonds is 7. The van der Waals surface area contributed by atoms with Gasteiger partial charge in [0.05, 0.1) is 26.0 Å². The van der Waals surface area contributed by atoms with Crippen LogP contribution >= 0.6 is 11.3 Å². The van der Waals surface area contributed by atoms with Crippen molar-refractivity contribution in [3.63, 3.8) is 0 Å². The van der Waals surface area contributed by atoms with E-state index in [1.54, 1.807) is 7.11 Å². The number of morpholine rings is 1. The van der Waals surface area contributed by atoms with E-state index in [1.807, 2.05) is 37.3 Å². The number of carbonyl (C=O) groups excluding carboxylic acids is 1. The first-order chi connectivity index (χ1) is 15.1. The molecule has 0 unspecified atom stereocenters. The third-order valence-electron chi connectivity index (χ3n) is 5.40. The van der Waals surface area contributed by atoms with Crippen LogP contribution in [0.3, 0.4) is 0 Å². The van der Waals surface area contributed by atoms with Crippen molar-refractivity contribution >= 4 is 17.2 Å². The second-order valence-electron chi connectivity index (χ2n) is 7.50. The molecule has 1 saturated heterocycles. The summed E-state index contributed by atoms with van der Waals surface area (Å²) in [5.74, 6) is 0.710. The van der Waals surface area contributed by atoms with Crippen LogP contribution in [0.25, 0.3) is 10.6 Å². The van der Waals surface area contributed by atoms with Crippen molar-refractivity contribution in [3.05, 3.63) is 70.2 Å². The Labute approximate surface area is 186 Å². The van der Waals surface area contributed by atoms with Crippen LogP contribution in [0.5, 0.6) is 5.75 Å². The number of thiazole rings is 1. The first kappa shape index (κ1) is 21.5. The normalized spacial score (nSPS) is 14.4. The maximum Gasteiger partial charge on any atom is 0.263 e. The molecule has 0 bridgehead atoms. The average molecular weight is 438 g/mol. The summed E-state index contributed by atoms with van der Waals surface area (Å²) in [7, 11) is 1.64. The summed E-state index contributed by atoms with van der Waals surface area (Å²) in [5.41, 5.74) is 4.10. The largest absolute Gasteiger partial charge is 0.497 e. The molecular weight excluding hydrogens is 410 g/mol. The van der Waals surface area contributed by atoms with Crippen LogP contribution in [0.4, 0.5) is 0 Å². The molecule has 0 spiro atoms.